The van der Waals surface area contributed by atoms with Gasteiger partial charge in [-0.15, -0.1) is 0 Å². The van der Waals surface area contributed by atoms with Crippen molar-refractivity contribution < 1.29 is 14.6 Å². The van der Waals surface area contributed by atoms with E-state index in [9.17, 15) is 0 Å². The van der Waals surface area contributed by atoms with Crippen LogP contribution in [0.15, 0.2) is 0 Å². The lowest BCUT2D eigenvalue weighted by Gasteiger charge is -2.37. The van der Waals surface area contributed by atoms with Gasteiger partial charge >= 0.3 is 0 Å². The molecule has 2 aliphatic rings. The Hall–Kier alpha value is -0.120. The van der Waals surface area contributed by atoms with Crippen LogP contribution in [-0.2, 0) is 9.47 Å². The third kappa shape index (κ3) is 2.10. The molecule has 0 aliphatic carbocycles. The molecule has 82 valence electrons. The highest BCUT2D eigenvalue weighted by Crippen LogP contribution is 2.40. The molecular formula is C11H20O3. The van der Waals surface area contributed by atoms with Crippen LogP contribution < -0.4 is 0 Å². The van der Waals surface area contributed by atoms with Crippen molar-refractivity contribution in [3.05, 3.63) is 0 Å². The molecule has 0 radical (unpaired) electrons. The van der Waals surface area contributed by atoms with Crippen molar-refractivity contribution in [3.63, 3.8) is 0 Å². The highest BCUT2D eigenvalue weighted by molar-refractivity contribution is 4.85. The minimum absolute atomic E-state index is 0.213. The second-order valence-corrected chi connectivity index (χ2v) is 4.52. The summed E-state index contributed by atoms with van der Waals surface area (Å²) in [5.74, 6) is -0.294. The molecule has 3 nitrogen and oxygen atoms in total. The topological polar surface area (TPSA) is 38.7 Å². The summed E-state index contributed by atoms with van der Waals surface area (Å²) in [6.07, 6.45) is 6.71. The van der Waals surface area contributed by atoms with E-state index in [1.54, 1.807) is 0 Å². The molecule has 0 saturated carbocycles. The van der Waals surface area contributed by atoms with Gasteiger partial charge in [0.2, 0.25) is 0 Å². The monoisotopic (exact) mass is 200 g/mol. The number of rotatable bonds is 2. The largest absolute Gasteiger partial charge is 0.396 e. The Labute approximate surface area is 85.4 Å². The Morgan fingerprint density at radius 2 is 2.14 bits per heavy atom. The second-order valence-electron chi connectivity index (χ2n) is 4.52. The molecule has 2 saturated heterocycles. The van der Waals surface area contributed by atoms with Crippen molar-refractivity contribution in [1.82, 2.24) is 0 Å². The normalized spacial score (nSPS) is 43.3. The van der Waals surface area contributed by atoms with Gasteiger partial charge in [0.1, 0.15) is 0 Å². The SMILES string of the molecule is CC1CCCC2(CCC(CCO)O2)O1. The molecule has 3 unspecified atom stereocenters. The number of aliphatic hydroxyl groups excluding tert-OH is 1. The van der Waals surface area contributed by atoms with E-state index in [1.807, 2.05) is 0 Å². The van der Waals surface area contributed by atoms with Crippen LogP contribution in [0.5, 0.6) is 0 Å². The second kappa shape index (κ2) is 4.17. The first-order valence-corrected chi connectivity index (χ1v) is 5.71. The molecule has 14 heavy (non-hydrogen) atoms. The van der Waals surface area contributed by atoms with Gasteiger partial charge in [0.05, 0.1) is 12.2 Å². The summed E-state index contributed by atoms with van der Waals surface area (Å²) in [6, 6.07) is 0. The Balaban J connectivity index is 1.91. The van der Waals surface area contributed by atoms with Gasteiger partial charge in [-0.25, -0.2) is 0 Å². The Morgan fingerprint density at radius 3 is 2.86 bits per heavy atom. The minimum Gasteiger partial charge on any atom is -0.396 e. The first-order chi connectivity index (χ1) is 6.74. The van der Waals surface area contributed by atoms with Crippen LogP contribution in [0.2, 0.25) is 0 Å². The average Bonchev–Trinajstić information content (AvgIpc) is 2.49. The van der Waals surface area contributed by atoms with Crippen molar-refractivity contribution >= 4 is 0 Å². The maximum Gasteiger partial charge on any atom is 0.169 e. The summed E-state index contributed by atoms with van der Waals surface area (Å²) < 4.78 is 11.8. The van der Waals surface area contributed by atoms with Crippen molar-refractivity contribution in [3.8, 4) is 0 Å². The van der Waals surface area contributed by atoms with Crippen LogP contribution in [0.4, 0.5) is 0 Å². The predicted molar refractivity (Wildman–Crippen MR) is 52.9 cm³/mol. The van der Waals surface area contributed by atoms with E-state index in [2.05, 4.69) is 6.92 Å². The minimum atomic E-state index is -0.294. The van der Waals surface area contributed by atoms with Crippen LogP contribution >= 0.6 is 0 Å². The molecule has 2 aliphatic heterocycles. The Kier molecular flexibility index (Phi) is 3.10. The van der Waals surface area contributed by atoms with E-state index in [0.29, 0.717) is 6.10 Å². The van der Waals surface area contributed by atoms with Gasteiger partial charge in [0.25, 0.3) is 0 Å². The maximum absolute atomic E-state index is 8.84. The zero-order valence-corrected chi connectivity index (χ0v) is 8.87. The summed E-state index contributed by atoms with van der Waals surface area (Å²) >= 11 is 0. The van der Waals surface area contributed by atoms with Gasteiger partial charge in [-0.05, 0) is 32.6 Å². The molecule has 2 fully saturated rings. The lowest BCUT2D eigenvalue weighted by atomic mass is 9.99. The van der Waals surface area contributed by atoms with E-state index in [-0.39, 0.29) is 18.5 Å². The lowest BCUT2D eigenvalue weighted by molar-refractivity contribution is -0.267. The van der Waals surface area contributed by atoms with Crippen molar-refractivity contribution in [2.75, 3.05) is 6.61 Å². The molecule has 1 spiro atoms. The van der Waals surface area contributed by atoms with Gasteiger partial charge in [0.15, 0.2) is 5.79 Å². The van der Waals surface area contributed by atoms with Crippen LogP contribution in [0, 0.1) is 0 Å². The van der Waals surface area contributed by atoms with Gasteiger partial charge in [-0.1, -0.05) is 0 Å². The zero-order valence-electron chi connectivity index (χ0n) is 8.87. The van der Waals surface area contributed by atoms with E-state index < -0.39 is 0 Å². The van der Waals surface area contributed by atoms with E-state index in [0.717, 1.165) is 32.1 Å². The zero-order chi connectivity index (χ0) is 10.0. The standard InChI is InChI=1S/C11H20O3/c1-9-3-2-6-11(13-9)7-4-10(14-11)5-8-12/h9-10,12H,2-8H2,1H3. The van der Waals surface area contributed by atoms with E-state index >= 15 is 0 Å². The summed E-state index contributed by atoms with van der Waals surface area (Å²) in [5, 5.41) is 8.84. The summed E-state index contributed by atoms with van der Waals surface area (Å²) in [5.41, 5.74) is 0. The van der Waals surface area contributed by atoms with Crippen LogP contribution in [0.25, 0.3) is 0 Å². The maximum atomic E-state index is 8.84. The molecule has 0 aromatic carbocycles. The van der Waals surface area contributed by atoms with Crippen LogP contribution in [-0.4, -0.2) is 29.7 Å². The molecule has 0 aromatic rings. The fourth-order valence-corrected chi connectivity index (χ4v) is 2.56. The summed E-state index contributed by atoms with van der Waals surface area (Å²) in [6.45, 7) is 2.33. The van der Waals surface area contributed by atoms with Gasteiger partial charge < -0.3 is 14.6 Å². The quantitative estimate of drug-likeness (QED) is 0.739. The molecule has 0 aromatic heterocycles. The fourth-order valence-electron chi connectivity index (χ4n) is 2.56. The smallest absolute Gasteiger partial charge is 0.169 e. The Morgan fingerprint density at radius 1 is 1.29 bits per heavy atom. The van der Waals surface area contributed by atoms with Crippen molar-refractivity contribution in [1.29, 1.82) is 0 Å². The third-order valence-electron chi connectivity index (χ3n) is 3.26. The highest BCUT2D eigenvalue weighted by Gasteiger charge is 2.43. The van der Waals surface area contributed by atoms with E-state index in [1.165, 1.54) is 6.42 Å². The fraction of sp³-hybridized carbons (Fsp3) is 1.00. The molecule has 3 heteroatoms. The van der Waals surface area contributed by atoms with Crippen LogP contribution in [0.1, 0.15) is 45.4 Å². The summed E-state index contributed by atoms with van der Waals surface area (Å²) in [4.78, 5) is 0. The molecular weight excluding hydrogens is 180 g/mol. The molecule has 0 amide bonds. The van der Waals surface area contributed by atoms with Gasteiger partial charge in [-0.3, -0.25) is 0 Å². The molecule has 2 heterocycles. The van der Waals surface area contributed by atoms with Crippen LogP contribution in [0.3, 0.4) is 0 Å². The lowest BCUT2D eigenvalue weighted by Crippen LogP contribution is -2.39. The first kappa shape index (κ1) is 10.4. The van der Waals surface area contributed by atoms with Crippen molar-refractivity contribution in [2.24, 2.45) is 0 Å². The Bertz CT molecular complexity index is 195. The number of ether oxygens (including phenoxy) is 2. The molecule has 2 rings (SSSR count). The van der Waals surface area contributed by atoms with Crippen molar-refractivity contribution in [2.45, 2.75) is 63.4 Å². The molecule has 3 atom stereocenters. The van der Waals surface area contributed by atoms with Gasteiger partial charge in [0, 0.05) is 19.4 Å². The summed E-state index contributed by atoms with van der Waals surface area (Å²) in [7, 11) is 0. The van der Waals surface area contributed by atoms with E-state index in [4.69, 9.17) is 14.6 Å². The first-order valence-electron chi connectivity index (χ1n) is 5.71. The number of hydrogen-bond acceptors (Lipinski definition) is 3. The highest BCUT2D eigenvalue weighted by atomic mass is 16.7. The predicted octanol–water partition coefficient (Wildman–Crippen LogP) is 1.83. The number of aliphatic hydroxyl groups is 1. The van der Waals surface area contributed by atoms with Gasteiger partial charge in [-0.2, -0.15) is 0 Å². The molecule has 0 bridgehead atoms. The number of hydrogen-bond donors (Lipinski definition) is 1. The molecule has 1 N–H and O–H groups in total. The third-order valence-corrected chi connectivity index (χ3v) is 3.26. The average molecular weight is 200 g/mol.